The van der Waals surface area contributed by atoms with Crippen molar-refractivity contribution in [3.8, 4) is 0 Å². The Balaban J connectivity index is 0. The van der Waals surface area contributed by atoms with Crippen LogP contribution in [-0.4, -0.2) is 25.5 Å². The first kappa shape index (κ1) is 22.2. The van der Waals surface area contributed by atoms with E-state index in [9.17, 15) is 0 Å². The molecule has 0 aliphatic carbocycles. The van der Waals surface area contributed by atoms with E-state index in [2.05, 4.69) is 32.8 Å². The monoisotopic (exact) mass is 284 g/mol. The molecule has 0 rings (SSSR count). The molecule has 0 saturated heterocycles. The fourth-order valence-electron chi connectivity index (χ4n) is 2.27. The van der Waals surface area contributed by atoms with E-state index in [1.807, 2.05) is 6.92 Å². The SMILES string of the molecule is CCCCCCCCCCCCCCN(C)C.[CH2]CC. The van der Waals surface area contributed by atoms with Gasteiger partial charge in [-0.15, -0.1) is 0 Å². The topological polar surface area (TPSA) is 3.24 Å². The van der Waals surface area contributed by atoms with Crippen LogP contribution in [0.5, 0.6) is 0 Å². The third-order valence-electron chi connectivity index (χ3n) is 3.46. The Labute approximate surface area is 130 Å². The van der Waals surface area contributed by atoms with Crippen LogP contribution in [0.15, 0.2) is 0 Å². The zero-order valence-corrected chi connectivity index (χ0v) is 15.1. The molecule has 0 aromatic carbocycles. The van der Waals surface area contributed by atoms with Crippen molar-refractivity contribution < 1.29 is 0 Å². The fourth-order valence-corrected chi connectivity index (χ4v) is 2.27. The molecule has 0 saturated carbocycles. The van der Waals surface area contributed by atoms with Crippen LogP contribution in [0.4, 0.5) is 0 Å². The zero-order chi connectivity index (χ0) is 15.5. The van der Waals surface area contributed by atoms with E-state index >= 15 is 0 Å². The van der Waals surface area contributed by atoms with Crippen LogP contribution in [-0.2, 0) is 0 Å². The molecule has 1 heteroatoms. The van der Waals surface area contributed by atoms with Gasteiger partial charge >= 0.3 is 0 Å². The van der Waals surface area contributed by atoms with Gasteiger partial charge in [0.1, 0.15) is 0 Å². The Hall–Kier alpha value is -0.0400. The molecule has 0 spiro atoms. The standard InChI is InChI=1S/C16H35N.C3H7/c1-4-5-6-7-8-9-10-11-12-13-14-15-16-17(2)3;1-3-2/h4-16H2,1-3H3;1,3H2,2H3. The van der Waals surface area contributed by atoms with E-state index in [4.69, 9.17) is 0 Å². The average molecular weight is 285 g/mol. The fraction of sp³-hybridized carbons (Fsp3) is 0.947. The molecule has 0 aromatic heterocycles. The van der Waals surface area contributed by atoms with Crippen molar-refractivity contribution in [2.75, 3.05) is 20.6 Å². The Morgan fingerprint density at radius 3 is 1.20 bits per heavy atom. The van der Waals surface area contributed by atoms with E-state index in [1.54, 1.807) is 0 Å². The van der Waals surface area contributed by atoms with Gasteiger partial charge < -0.3 is 4.90 Å². The Morgan fingerprint density at radius 1 is 0.600 bits per heavy atom. The van der Waals surface area contributed by atoms with E-state index in [0.717, 1.165) is 6.42 Å². The van der Waals surface area contributed by atoms with Gasteiger partial charge in [0.05, 0.1) is 0 Å². The average Bonchev–Trinajstić information content (AvgIpc) is 2.40. The molecule has 0 heterocycles. The molecule has 0 aliphatic rings. The summed E-state index contributed by atoms with van der Waals surface area (Å²) in [5, 5.41) is 0. The second-order valence-electron chi connectivity index (χ2n) is 6.19. The molecule has 1 nitrogen and oxygen atoms in total. The van der Waals surface area contributed by atoms with Gasteiger partial charge in [0.15, 0.2) is 0 Å². The molecule has 0 aromatic rings. The predicted molar refractivity (Wildman–Crippen MR) is 95.3 cm³/mol. The molecule has 0 unspecified atom stereocenters. The number of unbranched alkanes of at least 4 members (excludes halogenated alkanes) is 11. The highest BCUT2D eigenvalue weighted by Gasteiger charge is 1.94. The quantitative estimate of drug-likeness (QED) is 0.350. The maximum absolute atomic E-state index is 3.49. The Morgan fingerprint density at radius 2 is 0.900 bits per heavy atom. The normalized spacial score (nSPS) is 10.5. The molecule has 0 atom stereocenters. The first-order valence-electron chi connectivity index (χ1n) is 9.12. The largest absolute Gasteiger partial charge is 0.309 e. The minimum Gasteiger partial charge on any atom is -0.309 e. The second-order valence-corrected chi connectivity index (χ2v) is 6.19. The maximum Gasteiger partial charge on any atom is -0.00248 e. The molecule has 0 amide bonds. The van der Waals surface area contributed by atoms with E-state index in [1.165, 1.54) is 83.6 Å². The Bertz CT molecular complexity index is 143. The molecule has 123 valence electrons. The van der Waals surface area contributed by atoms with Gasteiger partial charge in [-0.25, -0.2) is 0 Å². The van der Waals surface area contributed by atoms with Crippen LogP contribution in [0.25, 0.3) is 0 Å². The lowest BCUT2D eigenvalue weighted by Gasteiger charge is -2.08. The summed E-state index contributed by atoms with van der Waals surface area (Å²) in [7, 11) is 4.33. The van der Waals surface area contributed by atoms with Gasteiger partial charge in [0.2, 0.25) is 0 Å². The smallest absolute Gasteiger partial charge is 0.00248 e. The van der Waals surface area contributed by atoms with Crippen LogP contribution in [0, 0.1) is 6.92 Å². The lowest BCUT2D eigenvalue weighted by Crippen LogP contribution is -2.12. The van der Waals surface area contributed by atoms with Gasteiger partial charge in [-0.1, -0.05) is 97.8 Å². The third-order valence-corrected chi connectivity index (χ3v) is 3.46. The first-order valence-corrected chi connectivity index (χ1v) is 9.12. The van der Waals surface area contributed by atoms with Crippen LogP contribution in [0.3, 0.4) is 0 Å². The molecule has 0 N–H and O–H groups in total. The van der Waals surface area contributed by atoms with Gasteiger partial charge in [0, 0.05) is 0 Å². The third kappa shape index (κ3) is 26.5. The van der Waals surface area contributed by atoms with Crippen LogP contribution in [0.2, 0.25) is 0 Å². The number of hydrogen-bond donors (Lipinski definition) is 0. The summed E-state index contributed by atoms with van der Waals surface area (Å²) in [6.45, 7) is 9.05. The van der Waals surface area contributed by atoms with Crippen molar-refractivity contribution in [3.05, 3.63) is 6.92 Å². The summed E-state index contributed by atoms with van der Waals surface area (Å²) >= 11 is 0. The molecule has 1 radical (unpaired) electrons. The summed E-state index contributed by atoms with van der Waals surface area (Å²) in [6.07, 6.45) is 18.3. The minimum atomic E-state index is 1.00. The summed E-state index contributed by atoms with van der Waals surface area (Å²) < 4.78 is 0. The molecule has 0 fully saturated rings. The van der Waals surface area contributed by atoms with Crippen molar-refractivity contribution in [1.29, 1.82) is 0 Å². The lowest BCUT2D eigenvalue weighted by atomic mass is 10.1. The number of nitrogens with zero attached hydrogens (tertiary/aromatic N) is 1. The van der Waals surface area contributed by atoms with Crippen LogP contribution in [0.1, 0.15) is 97.3 Å². The highest BCUT2D eigenvalue weighted by Crippen LogP contribution is 2.11. The molecular formula is C19H42N. The minimum absolute atomic E-state index is 1.00. The number of hydrogen-bond acceptors (Lipinski definition) is 1. The van der Waals surface area contributed by atoms with Crippen molar-refractivity contribution >= 4 is 0 Å². The van der Waals surface area contributed by atoms with Crippen molar-refractivity contribution in [3.63, 3.8) is 0 Å². The van der Waals surface area contributed by atoms with Crippen molar-refractivity contribution in [2.45, 2.75) is 97.3 Å². The highest BCUT2D eigenvalue weighted by molar-refractivity contribution is 4.49. The van der Waals surface area contributed by atoms with Crippen molar-refractivity contribution in [2.24, 2.45) is 0 Å². The molecular weight excluding hydrogens is 242 g/mol. The summed E-state index contributed by atoms with van der Waals surface area (Å²) in [5.74, 6) is 0. The molecule has 0 aliphatic heterocycles. The van der Waals surface area contributed by atoms with E-state index in [0.29, 0.717) is 0 Å². The summed E-state index contributed by atoms with van der Waals surface area (Å²) in [6, 6.07) is 0. The maximum atomic E-state index is 3.49. The van der Waals surface area contributed by atoms with Gasteiger partial charge in [-0.05, 0) is 27.1 Å². The Kier molecular flexibility index (Phi) is 23.6. The summed E-state index contributed by atoms with van der Waals surface area (Å²) in [5.41, 5.74) is 0. The highest BCUT2D eigenvalue weighted by atomic mass is 15.0. The van der Waals surface area contributed by atoms with Crippen LogP contribution < -0.4 is 0 Å². The van der Waals surface area contributed by atoms with Crippen LogP contribution >= 0.6 is 0 Å². The zero-order valence-electron chi connectivity index (χ0n) is 15.1. The molecule has 0 bridgehead atoms. The number of rotatable bonds is 13. The second kappa shape index (κ2) is 21.3. The van der Waals surface area contributed by atoms with E-state index in [-0.39, 0.29) is 0 Å². The van der Waals surface area contributed by atoms with Gasteiger partial charge in [0.25, 0.3) is 0 Å². The van der Waals surface area contributed by atoms with Crippen molar-refractivity contribution in [1.82, 2.24) is 4.90 Å². The lowest BCUT2D eigenvalue weighted by molar-refractivity contribution is 0.389. The predicted octanol–water partition coefficient (Wildman–Crippen LogP) is 6.48. The van der Waals surface area contributed by atoms with E-state index < -0.39 is 0 Å². The summed E-state index contributed by atoms with van der Waals surface area (Å²) in [4.78, 5) is 2.29. The van der Waals surface area contributed by atoms with Gasteiger partial charge in [-0.2, -0.15) is 0 Å². The first-order chi connectivity index (χ1) is 9.68. The van der Waals surface area contributed by atoms with Gasteiger partial charge in [-0.3, -0.25) is 0 Å². The molecule has 20 heavy (non-hydrogen) atoms.